The zero-order chi connectivity index (χ0) is 89.4. The van der Waals surface area contributed by atoms with Crippen molar-refractivity contribution >= 4 is 185 Å². The second kappa shape index (κ2) is 37.4. The summed E-state index contributed by atoms with van der Waals surface area (Å²) in [4.78, 5) is 168. The van der Waals surface area contributed by atoms with Crippen molar-refractivity contribution in [1.29, 1.82) is 0 Å². The maximum absolute atomic E-state index is 14.9. The number of aromatic nitrogens is 20. The molecule has 6 aliphatic rings. The summed E-state index contributed by atoms with van der Waals surface area (Å²) in [7, 11) is 1.06. The largest absolute Gasteiger partial charge is 0.780 e. The Hall–Kier alpha value is -6.33. The predicted octanol–water partition coefficient (Wildman–Crippen LogP) is -0.564. The first-order valence-corrected chi connectivity index (χ1v) is 53.2. The molecule has 682 valence electrons. The summed E-state index contributed by atoms with van der Waals surface area (Å²) < 4.78 is 131. The van der Waals surface area contributed by atoms with Crippen molar-refractivity contribution in [2.45, 2.75) is 176 Å². The minimum Gasteiger partial charge on any atom is -0.780 e. The van der Waals surface area contributed by atoms with E-state index in [0.29, 0.717) is 23.1 Å². The van der Waals surface area contributed by atoms with Gasteiger partial charge in [0.15, 0.2) is 52.7 Å². The molecule has 0 aromatic carbocycles. The highest BCUT2D eigenvalue weighted by Crippen LogP contribution is 2.56. The van der Waals surface area contributed by atoms with Crippen molar-refractivity contribution in [3.05, 3.63) is 105 Å². The number of fused-ring (bicyclic) bond motifs is 4. The molecule has 126 heavy (non-hydrogen) atoms. The van der Waals surface area contributed by atoms with Crippen LogP contribution in [0.2, 0.25) is 0 Å². The molecule has 24 atom stereocenters. The normalized spacial score (nSPS) is 29.4. The highest BCUT2D eigenvalue weighted by molar-refractivity contribution is 8.32. The maximum Gasteiger partial charge on any atom is 0.351 e. The molecule has 11 N–H and O–H groups in total. The Morgan fingerprint density at radius 1 is 0.413 bits per heavy atom. The lowest BCUT2D eigenvalue weighted by atomic mass is 10.1. The zero-order valence-electron chi connectivity index (χ0n) is 65.7. The number of aryl methyl sites for hydroxylation is 2. The van der Waals surface area contributed by atoms with Crippen LogP contribution in [0, 0.1) is 13.8 Å². The number of aromatic amines is 1. The van der Waals surface area contributed by atoms with Gasteiger partial charge in [0, 0.05) is 69.2 Å². The van der Waals surface area contributed by atoms with Crippen molar-refractivity contribution in [1.82, 2.24) is 97.2 Å². The highest BCUT2D eigenvalue weighted by Gasteiger charge is 2.48. The lowest BCUT2D eigenvalue weighted by molar-refractivity contribution is -0.221. The van der Waals surface area contributed by atoms with E-state index in [9.17, 15) is 43.4 Å². The lowest BCUT2D eigenvalue weighted by Gasteiger charge is -2.36. The first kappa shape index (κ1) is 92.9. The van der Waals surface area contributed by atoms with Gasteiger partial charge in [-0.1, -0.05) is 66.0 Å². The average molecular weight is 1980 g/mol. The minimum absolute atomic E-state index is 0.00208. The number of hydrogen-bond donors (Lipinski definition) is 6. The topological polar surface area (TPSA) is 693 Å². The molecule has 0 aliphatic carbocycles. The van der Waals surface area contributed by atoms with Gasteiger partial charge in [-0.15, -0.1) is 0 Å². The summed E-state index contributed by atoms with van der Waals surface area (Å²) in [6, 6.07) is 0. The summed E-state index contributed by atoms with van der Waals surface area (Å²) in [5, 5.41) is 0. The smallest absolute Gasteiger partial charge is 0.351 e. The van der Waals surface area contributed by atoms with Crippen molar-refractivity contribution < 1.29 is 112 Å². The number of imidazole rings is 4. The molecule has 16 rings (SSSR count). The first-order valence-electron chi connectivity index (χ1n) is 37.8. The molecule has 64 heteroatoms. The van der Waals surface area contributed by atoms with E-state index in [0.717, 1.165) is 16.2 Å². The third-order valence-corrected chi connectivity index (χ3v) is 30.5. The van der Waals surface area contributed by atoms with Gasteiger partial charge in [-0.3, -0.25) is 41.7 Å². The molecule has 6 aliphatic heterocycles. The molecule has 12 unspecified atom stereocenters. The van der Waals surface area contributed by atoms with Gasteiger partial charge < -0.3 is 148 Å². The molecule has 0 amide bonds. The standard InChI is InChI=1S/C62H81N25O27P6S6/c1-5-29-30(6-43(103-29)84-23-76-47-52(64)68-19-72-56(47)84)110-116(92,122)98-16-38-33(9-44(106-38)85-24-77-48-53(65)69-20-73-57(48)85)114-120(96,126)102-18-40-35(11-46(108-40)87-26-79-50-55(67)71-22-75-59(50)87)113-119(95,125)100-15-37-32(8-42(105-37)83-13-28(3)60(88)81-62(83)90)111-117(93,123)101-17-39-34(10-45(107-39)86-25-78-49-54(66)70-21-74-58(49)86)112-118(94,124)99-14-36-31(109-115(91,121)97-4)7-41(104-36)82-12-27(2)51(63)80-61(82)89/h12-13,19-26,29-46H,5-11,14-18H2,1-4H3,(H,91,121)(H,92,122)(H,93,123)(H,94,124)(H,95,125)(H,96,126)(H2,63,80,89)(H2,64,68,72)(H2,65,69,73)(H2,66,70,74)(H2,67,71,75)(H,81,88,90)/p-6/t29-,30?,31?,32?,33?,34?,35?,36-,37-,38-,39-,40-,41-,42-,43-,44-,45-,46-,115?,116?,117?,118?,119?,120?/m1/s1. The molecule has 0 spiro atoms. The van der Waals surface area contributed by atoms with Gasteiger partial charge in [-0.2, -0.15) is 4.98 Å². The number of nitrogens with two attached hydrogens (primary N) is 5. The predicted molar refractivity (Wildman–Crippen MR) is 447 cm³/mol. The molecule has 0 bridgehead atoms. The van der Waals surface area contributed by atoms with E-state index in [4.69, 9.17) is 183 Å². The SMILES string of the molecule is CC[C@H]1O[C@@H](n2cnc3c(N)ncnc32)CC1OP([O-])(=S)OC[C@H]1O[C@@H](n2cnc3c(N)ncnc32)CC1OP(=O)([S-])OC[C@H]1O[C@@H](n2cnc3c(N)ncnc32)CC1OP([O-])(=S)OC[C@H]1O[C@@H](n2cc(C)c(=O)[nH]c2=O)CC1OP([O-])(=S)OC[C@H]1O[C@@H](n2cnc3c(N)ncnc32)CC1OP([O-])(=S)OC[C@H]1O[C@@H](n2cc(C)c(N)nc2=O)CC1OP([O-])(=S)OC. The Morgan fingerprint density at radius 2 is 0.698 bits per heavy atom. The molecular formula is C62H75N25O27P6S6-6. The third kappa shape index (κ3) is 20.6. The molecule has 0 radical (unpaired) electrons. The fraction of sp³-hybridized carbons (Fsp3) is 0.548. The molecule has 10 aromatic heterocycles. The van der Waals surface area contributed by atoms with Crippen LogP contribution in [0.4, 0.5) is 29.1 Å². The fourth-order valence-electron chi connectivity index (χ4n) is 14.9. The van der Waals surface area contributed by atoms with Gasteiger partial charge in [0.25, 0.3) is 5.56 Å². The number of anilines is 5. The quantitative estimate of drug-likeness (QED) is 0.0214. The van der Waals surface area contributed by atoms with Crippen LogP contribution < -0.4 is 70.1 Å². The van der Waals surface area contributed by atoms with Crippen LogP contribution in [0.5, 0.6) is 0 Å². The Labute approximate surface area is 740 Å². The van der Waals surface area contributed by atoms with Crippen LogP contribution in [0.3, 0.4) is 0 Å². The van der Waals surface area contributed by atoms with Gasteiger partial charge in [0.2, 0.25) is 0 Å². The van der Waals surface area contributed by atoms with Gasteiger partial charge >= 0.3 is 11.4 Å². The summed E-state index contributed by atoms with van der Waals surface area (Å²) in [6.45, 7) is -27.0. The molecule has 10 aromatic rings. The third-order valence-electron chi connectivity index (χ3n) is 21.0. The number of nitrogens with one attached hydrogen (secondary N) is 1. The van der Waals surface area contributed by atoms with Crippen molar-refractivity contribution in [3.8, 4) is 0 Å². The molecule has 6 saturated heterocycles. The lowest BCUT2D eigenvalue weighted by Crippen LogP contribution is -2.34. The van der Waals surface area contributed by atoms with Crippen LogP contribution in [-0.2, 0) is 159 Å². The minimum atomic E-state index is -4.93. The summed E-state index contributed by atoms with van der Waals surface area (Å²) in [5.74, 6) is 0.162. The second-order valence-corrected chi connectivity index (χ2v) is 45.5. The number of H-pyrrole nitrogens is 1. The fourth-order valence-corrected chi connectivity index (χ4v) is 23.2. The van der Waals surface area contributed by atoms with Crippen LogP contribution in [0.15, 0.2) is 77.4 Å². The Morgan fingerprint density at radius 3 is 1.03 bits per heavy atom. The molecule has 0 saturated carbocycles. The van der Waals surface area contributed by atoms with Gasteiger partial charge in [0.05, 0.1) is 101 Å². The Balaban J connectivity index is 0.611. The summed E-state index contributed by atoms with van der Waals surface area (Å²) in [6.07, 6.45) is -9.78. The van der Waals surface area contributed by atoms with Crippen molar-refractivity contribution in [3.63, 3.8) is 0 Å². The molecular weight excluding hydrogens is 1910 g/mol. The Bertz CT molecular complexity index is 6270. The highest BCUT2D eigenvalue weighted by atomic mass is 32.7. The zero-order valence-corrected chi connectivity index (χ0v) is 76.0. The first-order chi connectivity index (χ1) is 59.8. The molecule has 52 nitrogen and oxygen atoms in total. The maximum atomic E-state index is 14.9. The molecule has 6 fully saturated rings. The van der Waals surface area contributed by atoms with Gasteiger partial charge in [-0.05, 0) is 20.3 Å². The van der Waals surface area contributed by atoms with E-state index in [1.165, 1.54) is 83.6 Å². The van der Waals surface area contributed by atoms with Crippen LogP contribution in [0.25, 0.3) is 44.7 Å². The average Bonchev–Trinajstić information content (AvgIpc) is 1.64. The van der Waals surface area contributed by atoms with E-state index < -0.39 is 207 Å². The van der Waals surface area contributed by atoms with E-state index in [1.54, 1.807) is 11.5 Å². The van der Waals surface area contributed by atoms with Crippen LogP contribution in [-0.4, -0.2) is 211 Å². The van der Waals surface area contributed by atoms with Gasteiger partial charge in [0.1, 0.15) is 155 Å². The van der Waals surface area contributed by atoms with Crippen molar-refractivity contribution in [2.75, 3.05) is 68.8 Å². The van der Waals surface area contributed by atoms with Crippen molar-refractivity contribution in [2.24, 2.45) is 0 Å². The summed E-state index contributed by atoms with van der Waals surface area (Å²) in [5.41, 5.74) is 30.2. The van der Waals surface area contributed by atoms with E-state index >= 15 is 0 Å². The van der Waals surface area contributed by atoms with Gasteiger partial charge in [-0.25, -0.2) is 69.4 Å². The van der Waals surface area contributed by atoms with E-state index in [-0.39, 0.29) is 100 Å². The Kier molecular flexibility index (Phi) is 27.6. The van der Waals surface area contributed by atoms with Crippen LogP contribution >= 0.6 is 40.4 Å². The second-order valence-electron chi connectivity index (χ2n) is 29.1. The number of nitrogens with zero attached hydrogens (tertiary/aromatic N) is 19. The van der Waals surface area contributed by atoms with E-state index in [1.807, 2.05) is 6.92 Å². The monoisotopic (exact) mass is 1980 g/mol. The molecule has 16 heterocycles. The number of ether oxygens (including phenoxy) is 6. The number of hydrogen-bond acceptors (Lipinski definition) is 51. The number of rotatable bonds is 35. The summed E-state index contributed by atoms with van der Waals surface area (Å²) >= 11 is 32.7. The van der Waals surface area contributed by atoms with E-state index in [2.05, 4.69) is 69.8 Å². The van der Waals surface area contributed by atoms with Crippen LogP contribution in [0.1, 0.15) is 100 Å². The number of nitrogen functional groups attached to an aromatic ring is 5.